The quantitative estimate of drug-likeness (QED) is 0.799. The molecule has 3 atom stereocenters. The van der Waals surface area contributed by atoms with Crippen molar-refractivity contribution in [3.63, 3.8) is 0 Å². The van der Waals surface area contributed by atoms with Crippen molar-refractivity contribution in [3.05, 3.63) is 0 Å². The van der Waals surface area contributed by atoms with Crippen molar-refractivity contribution in [2.24, 2.45) is 11.8 Å². The van der Waals surface area contributed by atoms with Crippen molar-refractivity contribution >= 4 is 24.2 Å². The van der Waals surface area contributed by atoms with Gasteiger partial charge in [0.2, 0.25) is 11.8 Å². The topological polar surface area (TPSA) is 61.4 Å². The maximum atomic E-state index is 12.0. The van der Waals surface area contributed by atoms with E-state index in [0.717, 1.165) is 25.9 Å². The molecule has 3 unspecified atom stereocenters. The molecule has 2 heterocycles. The van der Waals surface area contributed by atoms with Crippen LogP contribution in [0.1, 0.15) is 45.4 Å². The summed E-state index contributed by atoms with van der Waals surface area (Å²) in [4.78, 5) is 26.0. The molecular weight excluding hydrogens is 302 g/mol. The Labute approximate surface area is 139 Å². The van der Waals surface area contributed by atoms with Gasteiger partial charge in [0.1, 0.15) is 0 Å². The number of nitrogens with zero attached hydrogens (tertiary/aromatic N) is 1. The molecule has 2 saturated heterocycles. The second kappa shape index (κ2) is 7.64. The summed E-state index contributed by atoms with van der Waals surface area (Å²) in [5.74, 6) is 1.67. The SMILES string of the molecule is CC1CC1N1CC(NC(=O)CCC2CCNCC2)CC1=O.Cl. The summed E-state index contributed by atoms with van der Waals surface area (Å²) in [5, 5.41) is 6.41. The summed E-state index contributed by atoms with van der Waals surface area (Å²) >= 11 is 0. The Balaban J connectivity index is 0.00000176. The van der Waals surface area contributed by atoms with Gasteiger partial charge < -0.3 is 15.5 Å². The minimum absolute atomic E-state index is 0. The van der Waals surface area contributed by atoms with Crippen LogP contribution in [0.4, 0.5) is 0 Å². The van der Waals surface area contributed by atoms with Crippen LogP contribution in [0.5, 0.6) is 0 Å². The smallest absolute Gasteiger partial charge is 0.225 e. The van der Waals surface area contributed by atoms with Crippen molar-refractivity contribution in [2.75, 3.05) is 19.6 Å². The second-order valence-electron chi connectivity index (χ2n) is 7.03. The average Bonchev–Trinajstić information content (AvgIpc) is 3.08. The summed E-state index contributed by atoms with van der Waals surface area (Å²) in [6.07, 6.45) is 5.57. The molecule has 0 aromatic heterocycles. The van der Waals surface area contributed by atoms with Crippen LogP contribution in [0.25, 0.3) is 0 Å². The zero-order valence-corrected chi connectivity index (χ0v) is 14.2. The molecular formula is C16H28ClN3O2. The van der Waals surface area contributed by atoms with Gasteiger partial charge in [-0.1, -0.05) is 6.92 Å². The van der Waals surface area contributed by atoms with Gasteiger partial charge in [-0.2, -0.15) is 0 Å². The minimum Gasteiger partial charge on any atom is -0.351 e. The molecule has 3 fully saturated rings. The number of halogens is 1. The fourth-order valence-electron chi connectivity index (χ4n) is 3.69. The summed E-state index contributed by atoms with van der Waals surface area (Å²) in [5.41, 5.74) is 0. The van der Waals surface area contributed by atoms with Gasteiger partial charge >= 0.3 is 0 Å². The molecule has 0 aromatic carbocycles. The van der Waals surface area contributed by atoms with Crippen LogP contribution in [0.15, 0.2) is 0 Å². The molecule has 1 aliphatic carbocycles. The highest BCUT2D eigenvalue weighted by Gasteiger charge is 2.44. The van der Waals surface area contributed by atoms with E-state index in [1.165, 1.54) is 12.8 Å². The standard InChI is InChI=1S/C16H27N3O2.ClH/c1-11-8-14(11)19-10-13(9-16(19)21)18-15(20)3-2-12-4-6-17-7-5-12;/h11-14,17H,2-10H2,1H3,(H,18,20);1H. The van der Waals surface area contributed by atoms with Gasteiger partial charge in [-0.05, 0) is 50.6 Å². The minimum atomic E-state index is 0. The van der Waals surface area contributed by atoms with E-state index < -0.39 is 0 Å². The van der Waals surface area contributed by atoms with E-state index >= 15 is 0 Å². The normalized spacial score (nSPS) is 31.8. The van der Waals surface area contributed by atoms with Crippen LogP contribution in [-0.4, -0.2) is 48.4 Å². The Hall–Kier alpha value is -0.810. The van der Waals surface area contributed by atoms with Gasteiger partial charge in [0.05, 0.1) is 6.04 Å². The molecule has 0 radical (unpaired) electrons. The lowest BCUT2D eigenvalue weighted by Gasteiger charge is -2.22. The van der Waals surface area contributed by atoms with Gasteiger partial charge in [-0.3, -0.25) is 9.59 Å². The molecule has 6 heteroatoms. The molecule has 2 aliphatic heterocycles. The molecule has 1 saturated carbocycles. The van der Waals surface area contributed by atoms with Crippen LogP contribution >= 0.6 is 12.4 Å². The Morgan fingerprint density at radius 3 is 2.68 bits per heavy atom. The molecule has 3 aliphatic rings. The van der Waals surface area contributed by atoms with Crippen LogP contribution in [-0.2, 0) is 9.59 Å². The first-order valence-electron chi connectivity index (χ1n) is 8.43. The van der Waals surface area contributed by atoms with Gasteiger partial charge in [-0.25, -0.2) is 0 Å². The number of rotatable bonds is 5. The number of amides is 2. The second-order valence-corrected chi connectivity index (χ2v) is 7.03. The largest absolute Gasteiger partial charge is 0.351 e. The highest BCUT2D eigenvalue weighted by molar-refractivity contribution is 5.85. The zero-order valence-electron chi connectivity index (χ0n) is 13.3. The number of hydrogen-bond acceptors (Lipinski definition) is 3. The lowest BCUT2D eigenvalue weighted by Crippen LogP contribution is -2.38. The molecule has 0 bridgehead atoms. The molecule has 5 nitrogen and oxygen atoms in total. The fourth-order valence-corrected chi connectivity index (χ4v) is 3.69. The van der Waals surface area contributed by atoms with Crippen molar-refractivity contribution in [1.29, 1.82) is 0 Å². The third-order valence-corrected chi connectivity index (χ3v) is 5.23. The maximum absolute atomic E-state index is 12.0. The summed E-state index contributed by atoms with van der Waals surface area (Å²) < 4.78 is 0. The predicted octanol–water partition coefficient (Wildman–Crippen LogP) is 1.31. The lowest BCUT2D eigenvalue weighted by atomic mass is 9.93. The lowest BCUT2D eigenvalue weighted by molar-refractivity contribution is -0.128. The first-order chi connectivity index (χ1) is 10.1. The number of hydrogen-bond donors (Lipinski definition) is 2. The Bertz CT molecular complexity index is 412. The van der Waals surface area contributed by atoms with E-state index in [1.54, 1.807) is 0 Å². The van der Waals surface area contributed by atoms with Crippen molar-refractivity contribution in [2.45, 2.75) is 57.5 Å². The Kier molecular flexibility index (Phi) is 6.09. The van der Waals surface area contributed by atoms with E-state index in [-0.39, 0.29) is 30.3 Å². The first-order valence-corrected chi connectivity index (χ1v) is 8.43. The van der Waals surface area contributed by atoms with Gasteiger partial charge in [0.15, 0.2) is 0 Å². The van der Waals surface area contributed by atoms with E-state index in [4.69, 9.17) is 0 Å². The van der Waals surface area contributed by atoms with E-state index in [9.17, 15) is 9.59 Å². The van der Waals surface area contributed by atoms with Gasteiger partial charge in [0.25, 0.3) is 0 Å². The average molecular weight is 330 g/mol. The number of carbonyl (C=O) groups is 2. The van der Waals surface area contributed by atoms with E-state index in [2.05, 4.69) is 17.6 Å². The zero-order chi connectivity index (χ0) is 14.8. The number of nitrogens with one attached hydrogen (secondary N) is 2. The molecule has 0 aromatic rings. The van der Waals surface area contributed by atoms with Crippen LogP contribution in [0.3, 0.4) is 0 Å². The molecule has 0 spiro atoms. The molecule has 22 heavy (non-hydrogen) atoms. The predicted molar refractivity (Wildman–Crippen MR) is 87.9 cm³/mol. The highest BCUT2D eigenvalue weighted by atomic mass is 35.5. The van der Waals surface area contributed by atoms with Crippen LogP contribution in [0.2, 0.25) is 0 Å². The van der Waals surface area contributed by atoms with Crippen molar-refractivity contribution in [3.8, 4) is 0 Å². The molecule has 126 valence electrons. The van der Waals surface area contributed by atoms with Gasteiger partial charge in [-0.15, -0.1) is 12.4 Å². The monoisotopic (exact) mass is 329 g/mol. The van der Waals surface area contributed by atoms with Crippen LogP contribution in [0, 0.1) is 11.8 Å². The Morgan fingerprint density at radius 2 is 2.05 bits per heavy atom. The van der Waals surface area contributed by atoms with Crippen molar-refractivity contribution in [1.82, 2.24) is 15.5 Å². The van der Waals surface area contributed by atoms with Gasteiger partial charge in [0, 0.05) is 25.4 Å². The number of piperidine rings is 1. The Morgan fingerprint density at radius 1 is 1.36 bits per heavy atom. The molecule has 2 amide bonds. The fraction of sp³-hybridized carbons (Fsp3) is 0.875. The summed E-state index contributed by atoms with van der Waals surface area (Å²) in [6, 6.07) is 0.472. The third kappa shape index (κ3) is 4.35. The number of carbonyl (C=O) groups excluding carboxylic acids is 2. The van der Waals surface area contributed by atoms with E-state index in [1.807, 2.05) is 4.90 Å². The van der Waals surface area contributed by atoms with Crippen molar-refractivity contribution < 1.29 is 9.59 Å². The van der Waals surface area contributed by atoms with E-state index in [0.29, 0.717) is 37.3 Å². The first kappa shape index (κ1) is 17.5. The summed E-state index contributed by atoms with van der Waals surface area (Å²) in [6.45, 7) is 5.06. The number of likely N-dealkylation sites (tertiary alicyclic amines) is 1. The molecule has 2 N–H and O–H groups in total. The third-order valence-electron chi connectivity index (χ3n) is 5.23. The molecule has 3 rings (SSSR count). The highest BCUT2D eigenvalue weighted by Crippen LogP contribution is 2.37. The summed E-state index contributed by atoms with van der Waals surface area (Å²) in [7, 11) is 0. The maximum Gasteiger partial charge on any atom is 0.225 e. The van der Waals surface area contributed by atoms with Crippen LogP contribution < -0.4 is 10.6 Å².